The molecule has 2 amide bonds. The molecule has 5 nitrogen and oxygen atoms in total. The Morgan fingerprint density at radius 3 is 2.60 bits per heavy atom. The molecule has 2 aliphatic rings. The van der Waals surface area contributed by atoms with Crippen molar-refractivity contribution in [2.75, 3.05) is 6.54 Å². The van der Waals surface area contributed by atoms with Crippen LogP contribution >= 0.6 is 0 Å². The van der Waals surface area contributed by atoms with E-state index in [0.717, 1.165) is 47.0 Å². The van der Waals surface area contributed by atoms with Crippen LogP contribution in [0.2, 0.25) is 0 Å². The normalized spacial score (nSPS) is 20.2. The topological polar surface area (TPSA) is 76.3 Å². The fourth-order valence-electron chi connectivity index (χ4n) is 3.93. The molecule has 5 heteroatoms. The van der Waals surface area contributed by atoms with E-state index in [4.69, 9.17) is 10.7 Å². The molecular formula is C20H23N3O2. The zero-order valence-corrected chi connectivity index (χ0v) is 14.7. The smallest absolute Gasteiger partial charge is 0.255 e. The number of hydrogen-bond donors (Lipinski definition) is 1. The van der Waals surface area contributed by atoms with E-state index in [-0.39, 0.29) is 5.91 Å². The summed E-state index contributed by atoms with van der Waals surface area (Å²) in [6.45, 7) is 4.65. The number of amides is 2. The maximum absolute atomic E-state index is 13.3. The third-order valence-electron chi connectivity index (χ3n) is 5.34. The molecule has 0 spiro atoms. The first-order valence-corrected chi connectivity index (χ1v) is 8.98. The lowest BCUT2D eigenvalue weighted by atomic mass is 9.99. The Kier molecular flexibility index (Phi) is 3.74. The van der Waals surface area contributed by atoms with Gasteiger partial charge in [-0.05, 0) is 57.2 Å². The fourth-order valence-corrected chi connectivity index (χ4v) is 3.93. The molecule has 0 bridgehead atoms. The SMILES string of the molecule is Cc1cc(C)c2nc(C3CC3)cc(C(=O)N3CCC[C@H]3C(N)=O)c2c1. The predicted molar refractivity (Wildman–Crippen MR) is 96.4 cm³/mol. The van der Waals surface area contributed by atoms with Crippen molar-refractivity contribution in [2.24, 2.45) is 5.73 Å². The molecule has 1 aliphatic carbocycles. The highest BCUT2D eigenvalue weighted by atomic mass is 16.2. The number of carbonyl (C=O) groups is 2. The summed E-state index contributed by atoms with van der Waals surface area (Å²) >= 11 is 0. The summed E-state index contributed by atoms with van der Waals surface area (Å²) < 4.78 is 0. The highest BCUT2D eigenvalue weighted by Gasteiger charge is 2.35. The van der Waals surface area contributed by atoms with Gasteiger partial charge in [0.05, 0.1) is 11.1 Å². The summed E-state index contributed by atoms with van der Waals surface area (Å²) in [6, 6.07) is 5.57. The fraction of sp³-hybridized carbons (Fsp3) is 0.450. The summed E-state index contributed by atoms with van der Waals surface area (Å²) in [7, 11) is 0. The molecular weight excluding hydrogens is 314 g/mol. The number of pyridine rings is 1. The second kappa shape index (κ2) is 5.83. The van der Waals surface area contributed by atoms with Crippen molar-refractivity contribution in [3.05, 3.63) is 40.6 Å². The van der Waals surface area contributed by atoms with E-state index in [1.165, 1.54) is 0 Å². The summed E-state index contributed by atoms with van der Waals surface area (Å²) in [5, 5.41) is 0.877. The van der Waals surface area contributed by atoms with E-state index < -0.39 is 11.9 Å². The Bertz CT molecular complexity index is 886. The number of hydrogen-bond acceptors (Lipinski definition) is 3. The van der Waals surface area contributed by atoms with Gasteiger partial charge in [-0.3, -0.25) is 14.6 Å². The summed E-state index contributed by atoms with van der Waals surface area (Å²) in [4.78, 5) is 31.5. The van der Waals surface area contributed by atoms with Gasteiger partial charge in [0.15, 0.2) is 0 Å². The molecule has 1 saturated heterocycles. The number of aryl methyl sites for hydroxylation is 2. The van der Waals surface area contributed by atoms with Gasteiger partial charge in [0, 0.05) is 23.5 Å². The van der Waals surface area contributed by atoms with Crippen molar-refractivity contribution in [1.82, 2.24) is 9.88 Å². The van der Waals surface area contributed by atoms with Gasteiger partial charge in [-0.15, -0.1) is 0 Å². The first kappa shape index (κ1) is 16.1. The van der Waals surface area contributed by atoms with E-state index in [0.29, 0.717) is 24.4 Å². The standard InChI is InChI=1S/C20H23N3O2/c1-11-8-12(2)18-14(9-11)15(10-16(22-18)13-5-6-13)20(25)23-7-3-4-17(23)19(21)24/h8-10,13,17H,3-7H2,1-2H3,(H2,21,24)/t17-/m0/s1. The Hall–Kier alpha value is -2.43. The lowest BCUT2D eigenvalue weighted by Crippen LogP contribution is -2.43. The first-order valence-electron chi connectivity index (χ1n) is 8.98. The molecule has 130 valence electrons. The number of fused-ring (bicyclic) bond motifs is 1. The lowest BCUT2D eigenvalue weighted by molar-refractivity contribution is -0.121. The summed E-state index contributed by atoms with van der Waals surface area (Å²) in [5.74, 6) is -0.0539. The molecule has 0 unspecified atom stereocenters. The minimum absolute atomic E-state index is 0.0967. The molecule has 1 atom stereocenters. The van der Waals surface area contributed by atoms with Crippen molar-refractivity contribution < 1.29 is 9.59 Å². The summed E-state index contributed by atoms with van der Waals surface area (Å²) in [5.41, 5.74) is 10.2. The molecule has 0 radical (unpaired) electrons. The average molecular weight is 337 g/mol. The Labute approximate surface area is 147 Å². The van der Waals surface area contributed by atoms with Crippen LogP contribution in [0.5, 0.6) is 0 Å². The molecule has 2 N–H and O–H groups in total. The molecule has 1 aromatic carbocycles. The van der Waals surface area contributed by atoms with Crippen LogP contribution in [0.15, 0.2) is 18.2 Å². The zero-order chi connectivity index (χ0) is 17.7. The monoisotopic (exact) mass is 337 g/mol. The van der Waals surface area contributed by atoms with Crippen LogP contribution in [0.4, 0.5) is 0 Å². The van der Waals surface area contributed by atoms with Crippen molar-refractivity contribution in [1.29, 1.82) is 0 Å². The van der Waals surface area contributed by atoms with Crippen LogP contribution in [0.25, 0.3) is 10.9 Å². The number of rotatable bonds is 3. The second-order valence-electron chi connectivity index (χ2n) is 7.41. The van der Waals surface area contributed by atoms with Crippen molar-refractivity contribution >= 4 is 22.7 Å². The quantitative estimate of drug-likeness (QED) is 0.935. The van der Waals surface area contributed by atoms with Gasteiger partial charge in [-0.1, -0.05) is 11.6 Å². The third kappa shape index (κ3) is 2.77. The number of likely N-dealkylation sites (tertiary alicyclic amines) is 1. The van der Waals surface area contributed by atoms with Crippen molar-refractivity contribution in [3.63, 3.8) is 0 Å². The molecule has 1 saturated carbocycles. The average Bonchev–Trinajstić information content (AvgIpc) is 3.29. The summed E-state index contributed by atoms with van der Waals surface area (Å²) in [6.07, 6.45) is 3.73. The molecule has 4 rings (SSSR count). The van der Waals surface area contributed by atoms with Gasteiger partial charge in [0.1, 0.15) is 6.04 Å². The minimum atomic E-state index is -0.494. The Balaban J connectivity index is 1.87. The van der Waals surface area contributed by atoms with Crippen LogP contribution < -0.4 is 5.73 Å². The van der Waals surface area contributed by atoms with Crippen LogP contribution in [0.3, 0.4) is 0 Å². The molecule has 2 fully saturated rings. The maximum atomic E-state index is 13.3. The van der Waals surface area contributed by atoms with Crippen LogP contribution in [-0.4, -0.2) is 34.3 Å². The Morgan fingerprint density at radius 2 is 1.92 bits per heavy atom. The zero-order valence-electron chi connectivity index (χ0n) is 14.7. The number of benzene rings is 1. The van der Waals surface area contributed by atoms with Crippen LogP contribution in [0, 0.1) is 13.8 Å². The van der Waals surface area contributed by atoms with Gasteiger partial charge in [0.25, 0.3) is 5.91 Å². The highest BCUT2D eigenvalue weighted by molar-refractivity contribution is 6.08. The van der Waals surface area contributed by atoms with E-state index in [1.807, 2.05) is 26.0 Å². The van der Waals surface area contributed by atoms with Crippen molar-refractivity contribution in [2.45, 2.75) is 51.5 Å². The maximum Gasteiger partial charge on any atom is 0.255 e. The highest BCUT2D eigenvalue weighted by Crippen LogP contribution is 2.41. The predicted octanol–water partition coefficient (Wildman–Crippen LogP) is 2.82. The van der Waals surface area contributed by atoms with E-state index in [2.05, 4.69) is 6.07 Å². The van der Waals surface area contributed by atoms with Crippen LogP contribution in [0.1, 0.15) is 58.8 Å². The van der Waals surface area contributed by atoms with Gasteiger partial charge in [-0.2, -0.15) is 0 Å². The number of aromatic nitrogens is 1. The number of carbonyl (C=O) groups excluding carboxylic acids is 2. The van der Waals surface area contributed by atoms with Crippen molar-refractivity contribution in [3.8, 4) is 0 Å². The molecule has 25 heavy (non-hydrogen) atoms. The van der Waals surface area contributed by atoms with Gasteiger partial charge >= 0.3 is 0 Å². The Morgan fingerprint density at radius 1 is 1.16 bits per heavy atom. The number of nitrogens with two attached hydrogens (primary N) is 1. The molecule has 1 aliphatic heterocycles. The van der Waals surface area contributed by atoms with E-state index in [1.54, 1.807) is 4.90 Å². The second-order valence-corrected chi connectivity index (χ2v) is 7.41. The minimum Gasteiger partial charge on any atom is -0.368 e. The largest absolute Gasteiger partial charge is 0.368 e. The molecule has 1 aromatic heterocycles. The number of primary amides is 1. The van der Waals surface area contributed by atoms with Crippen LogP contribution in [-0.2, 0) is 4.79 Å². The molecule has 2 aromatic rings. The third-order valence-corrected chi connectivity index (χ3v) is 5.34. The van der Waals surface area contributed by atoms with E-state index >= 15 is 0 Å². The van der Waals surface area contributed by atoms with E-state index in [9.17, 15) is 9.59 Å². The van der Waals surface area contributed by atoms with Gasteiger partial charge < -0.3 is 10.6 Å². The molecule has 2 heterocycles. The van der Waals surface area contributed by atoms with Gasteiger partial charge in [0.2, 0.25) is 5.91 Å². The first-order chi connectivity index (χ1) is 12.0. The lowest BCUT2D eigenvalue weighted by Gasteiger charge is -2.23. The van der Waals surface area contributed by atoms with Gasteiger partial charge in [-0.25, -0.2) is 0 Å². The number of nitrogens with zero attached hydrogens (tertiary/aromatic N) is 2.